The highest BCUT2D eigenvalue weighted by molar-refractivity contribution is 5.95. The normalized spacial score (nSPS) is 10.8. The van der Waals surface area contributed by atoms with E-state index < -0.39 is 11.7 Å². The molecule has 26 heavy (non-hydrogen) atoms. The van der Waals surface area contributed by atoms with E-state index in [2.05, 4.69) is 29.8 Å². The lowest BCUT2D eigenvalue weighted by Gasteiger charge is -2.09. The van der Waals surface area contributed by atoms with Gasteiger partial charge in [-0.15, -0.1) is 0 Å². The highest BCUT2D eigenvalue weighted by Gasteiger charge is 2.14. The predicted molar refractivity (Wildman–Crippen MR) is 96.9 cm³/mol. The summed E-state index contributed by atoms with van der Waals surface area (Å²) in [4.78, 5) is 23.9. The molecule has 6 nitrogen and oxygen atoms in total. The van der Waals surface area contributed by atoms with Gasteiger partial charge >= 0.3 is 0 Å². The van der Waals surface area contributed by atoms with E-state index in [1.54, 1.807) is 0 Å². The van der Waals surface area contributed by atoms with Gasteiger partial charge in [-0.3, -0.25) is 25.1 Å². The van der Waals surface area contributed by atoms with Crippen molar-refractivity contribution < 1.29 is 14.0 Å². The molecule has 0 spiro atoms. The molecule has 1 aromatic heterocycles. The second kappa shape index (κ2) is 8.60. The summed E-state index contributed by atoms with van der Waals surface area (Å²) in [5.74, 6) is -0.716. The number of nitrogens with one attached hydrogen (secondary N) is 2. The Bertz CT molecular complexity index is 782. The summed E-state index contributed by atoms with van der Waals surface area (Å²) in [6, 6.07) is 5.09. The average Bonchev–Trinajstić information content (AvgIpc) is 2.84. The van der Waals surface area contributed by atoms with Gasteiger partial charge in [0.05, 0.1) is 5.69 Å². The first kappa shape index (κ1) is 19.6. The van der Waals surface area contributed by atoms with E-state index in [4.69, 9.17) is 0 Å². The molecule has 0 radical (unpaired) electrons. The van der Waals surface area contributed by atoms with E-state index in [0.717, 1.165) is 23.5 Å². The molecule has 0 atom stereocenters. The molecule has 0 aliphatic heterocycles. The van der Waals surface area contributed by atoms with Crippen LogP contribution in [0, 0.1) is 25.6 Å². The van der Waals surface area contributed by atoms with Crippen LogP contribution in [0.3, 0.4) is 0 Å². The fourth-order valence-electron chi connectivity index (χ4n) is 2.72. The Balaban J connectivity index is 1.86. The summed E-state index contributed by atoms with van der Waals surface area (Å²) >= 11 is 0. The Kier molecular flexibility index (Phi) is 6.49. The van der Waals surface area contributed by atoms with Gasteiger partial charge in [-0.05, 0) is 56.0 Å². The number of aromatic nitrogens is 2. The van der Waals surface area contributed by atoms with Crippen LogP contribution >= 0.6 is 0 Å². The van der Waals surface area contributed by atoms with E-state index in [1.165, 1.54) is 24.3 Å². The van der Waals surface area contributed by atoms with Crippen LogP contribution in [0.2, 0.25) is 0 Å². The third-order valence-corrected chi connectivity index (χ3v) is 4.09. The fourth-order valence-corrected chi connectivity index (χ4v) is 2.72. The number of hydrogen-bond acceptors (Lipinski definition) is 3. The lowest BCUT2D eigenvalue weighted by atomic mass is 10.1. The molecule has 2 rings (SSSR count). The monoisotopic (exact) mass is 360 g/mol. The van der Waals surface area contributed by atoms with Crippen molar-refractivity contribution >= 4 is 11.8 Å². The molecule has 0 saturated carbocycles. The van der Waals surface area contributed by atoms with Gasteiger partial charge in [0, 0.05) is 24.2 Å². The largest absolute Gasteiger partial charge is 0.273 e. The molecule has 0 saturated heterocycles. The second-order valence-corrected chi connectivity index (χ2v) is 6.73. The van der Waals surface area contributed by atoms with Gasteiger partial charge < -0.3 is 0 Å². The van der Waals surface area contributed by atoms with Crippen molar-refractivity contribution in [2.45, 2.75) is 47.1 Å². The van der Waals surface area contributed by atoms with Crippen molar-refractivity contribution in [2.24, 2.45) is 5.92 Å². The highest BCUT2D eigenvalue weighted by Crippen LogP contribution is 2.16. The van der Waals surface area contributed by atoms with Gasteiger partial charge in [-0.2, -0.15) is 5.10 Å². The Hall–Kier alpha value is -2.70. The molecular weight excluding hydrogens is 335 g/mol. The minimum absolute atomic E-state index is 0.235. The standard InChI is InChI=1S/C19H25FN4O2/c1-12(2)11-24-14(4)17(13(3)23-24)9-10-18(25)21-22-19(26)15-5-7-16(20)8-6-15/h5-8,12H,9-11H2,1-4H3,(H,21,25)(H,22,26). The van der Waals surface area contributed by atoms with Crippen LogP contribution in [-0.4, -0.2) is 21.6 Å². The number of carbonyl (C=O) groups is 2. The lowest BCUT2D eigenvalue weighted by molar-refractivity contribution is -0.121. The molecule has 140 valence electrons. The van der Waals surface area contributed by atoms with Crippen LogP contribution in [0.4, 0.5) is 4.39 Å². The van der Waals surface area contributed by atoms with Crippen LogP contribution < -0.4 is 10.9 Å². The minimum Gasteiger partial charge on any atom is -0.273 e. The maximum absolute atomic E-state index is 12.9. The zero-order valence-electron chi connectivity index (χ0n) is 15.6. The van der Waals surface area contributed by atoms with E-state index in [1.807, 2.05) is 18.5 Å². The topological polar surface area (TPSA) is 76.0 Å². The van der Waals surface area contributed by atoms with Crippen LogP contribution in [0.15, 0.2) is 24.3 Å². The molecule has 1 aromatic carbocycles. The highest BCUT2D eigenvalue weighted by atomic mass is 19.1. The molecule has 0 aliphatic carbocycles. The maximum atomic E-state index is 12.9. The quantitative estimate of drug-likeness (QED) is 0.778. The number of nitrogens with zero attached hydrogens (tertiary/aromatic N) is 2. The van der Waals surface area contributed by atoms with Gasteiger partial charge in [-0.1, -0.05) is 13.8 Å². The molecule has 2 amide bonds. The van der Waals surface area contributed by atoms with E-state index in [9.17, 15) is 14.0 Å². The fraction of sp³-hybridized carbons (Fsp3) is 0.421. The SMILES string of the molecule is Cc1nn(CC(C)C)c(C)c1CCC(=O)NNC(=O)c1ccc(F)cc1. The molecule has 0 fully saturated rings. The number of carbonyl (C=O) groups excluding carboxylic acids is 2. The second-order valence-electron chi connectivity index (χ2n) is 6.73. The van der Waals surface area contributed by atoms with Crippen molar-refractivity contribution in [2.75, 3.05) is 0 Å². The summed E-state index contributed by atoms with van der Waals surface area (Å²) in [5.41, 5.74) is 8.04. The van der Waals surface area contributed by atoms with E-state index in [-0.39, 0.29) is 17.9 Å². The number of benzene rings is 1. The molecule has 1 heterocycles. The first-order valence-electron chi connectivity index (χ1n) is 8.65. The third kappa shape index (κ3) is 5.15. The zero-order chi connectivity index (χ0) is 19.3. The summed E-state index contributed by atoms with van der Waals surface area (Å²) < 4.78 is 14.8. The van der Waals surface area contributed by atoms with Crippen molar-refractivity contribution in [3.63, 3.8) is 0 Å². The molecular formula is C19H25FN4O2. The number of amides is 2. The number of halogens is 1. The maximum Gasteiger partial charge on any atom is 0.269 e. The first-order valence-corrected chi connectivity index (χ1v) is 8.65. The first-order chi connectivity index (χ1) is 12.3. The number of rotatable bonds is 6. The van der Waals surface area contributed by atoms with Crippen molar-refractivity contribution in [3.05, 3.63) is 52.6 Å². The smallest absolute Gasteiger partial charge is 0.269 e. The predicted octanol–water partition coefficient (Wildman–Crippen LogP) is 2.69. The van der Waals surface area contributed by atoms with Gasteiger partial charge in [0.2, 0.25) is 5.91 Å². The van der Waals surface area contributed by atoms with Crippen LogP contribution in [0.5, 0.6) is 0 Å². The van der Waals surface area contributed by atoms with Gasteiger partial charge in [0.25, 0.3) is 5.91 Å². The van der Waals surface area contributed by atoms with Crippen LogP contribution in [-0.2, 0) is 17.8 Å². The van der Waals surface area contributed by atoms with E-state index in [0.29, 0.717) is 12.3 Å². The van der Waals surface area contributed by atoms with Crippen molar-refractivity contribution in [1.29, 1.82) is 0 Å². The summed E-state index contributed by atoms with van der Waals surface area (Å²) in [7, 11) is 0. The number of hydrogen-bond donors (Lipinski definition) is 2. The minimum atomic E-state index is -0.490. The lowest BCUT2D eigenvalue weighted by Crippen LogP contribution is -2.41. The summed E-state index contributed by atoms with van der Waals surface area (Å²) in [6.45, 7) is 9.05. The zero-order valence-corrected chi connectivity index (χ0v) is 15.6. The Morgan fingerprint density at radius 3 is 2.42 bits per heavy atom. The Morgan fingerprint density at radius 1 is 1.15 bits per heavy atom. The molecule has 2 N–H and O–H groups in total. The van der Waals surface area contributed by atoms with Crippen LogP contribution in [0.25, 0.3) is 0 Å². The van der Waals surface area contributed by atoms with Crippen molar-refractivity contribution in [1.82, 2.24) is 20.6 Å². The van der Waals surface area contributed by atoms with Gasteiger partial charge in [0.15, 0.2) is 0 Å². The van der Waals surface area contributed by atoms with Crippen molar-refractivity contribution in [3.8, 4) is 0 Å². The van der Waals surface area contributed by atoms with Gasteiger partial charge in [0.1, 0.15) is 5.82 Å². The molecule has 2 aromatic rings. The van der Waals surface area contributed by atoms with E-state index >= 15 is 0 Å². The molecule has 0 bridgehead atoms. The molecule has 7 heteroatoms. The van der Waals surface area contributed by atoms with Gasteiger partial charge in [-0.25, -0.2) is 4.39 Å². The molecule has 0 aliphatic rings. The van der Waals surface area contributed by atoms with Crippen LogP contribution in [0.1, 0.15) is 47.6 Å². The number of aryl methyl sites for hydroxylation is 1. The number of hydrazine groups is 1. The summed E-state index contributed by atoms with van der Waals surface area (Å²) in [6.07, 6.45) is 0.784. The Morgan fingerprint density at radius 2 is 1.81 bits per heavy atom. The average molecular weight is 360 g/mol. The summed E-state index contributed by atoms with van der Waals surface area (Å²) in [5, 5.41) is 4.53. The molecule has 0 unspecified atom stereocenters. The Labute approximate surface area is 152 Å². The third-order valence-electron chi connectivity index (χ3n) is 4.09.